The van der Waals surface area contributed by atoms with Gasteiger partial charge >= 0.3 is 0 Å². The summed E-state index contributed by atoms with van der Waals surface area (Å²) in [6, 6.07) is 15.7. The number of halogens is 1. The monoisotopic (exact) mass is 441 g/mol. The van der Waals surface area contributed by atoms with Crippen LogP contribution in [0.25, 0.3) is 22.2 Å². The number of H-pyrrole nitrogens is 1. The molecule has 6 nitrogen and oxygen atoms in total. The Morgan fingerprint density at radius 2 is 1.70 bits per heavy atom. The third-order valence-corrected chi connectivity index (χ3v) is 6.72. The molecule has 1 amide bonds. The Morgan fingerprint density at radius 3 is 2.45 bits per heavy atom. The zero-order valence-corrected chi connectivity index (χ0v) is 18.2. The first-order valence-corrected chi connectivity index (χ1v) is 11.5. The van der Waals surface area contributed by atoms with E-state index in [0.29, 0.717) is 36.2 Å². The van der Waals surface area contributed by atoms with Crippen molar-refractivity contribution in [3.8, 4) is 11.3 Å². The molecule has 0 radical (unpaired) electrons. The summed E-state index contributed by atoms with van der Waals surface area (Å²) in [7, 11) is 0. The van der Waals surface area contributed by atoms with Crippen molar-refractivity contribution in [3.05, 3.63) is 77.6 Å². The molecular formula is C26H24FN5O. The number of fused-ring (bicyclic) bond motifs is 1. The fourth-order valence-corrected chi connectivity index (χ4v) is 4.64. The molecule has 0 spiro atoms. The lowest BCUT2D eigenvalue weighted by atomic mass is 9.95. The molecule has 2 aromatic carbocycles. The van der Waals surface area contributed by atoms with E-state index in [1.54, 1.807) is 12.1 Å². The molecular weight excluding hydrogens is 417 g/mol. The number of hydrogen-bond acceptors (Lipinski definition) is 4. The third kappa shape index (κ3) is 3.88. The highest BCUT2D eigenvalue weighted by atomic mass is 19.1. The summed E-state index contributed by atoms with van der Waals surface area (Å²) in [5.41, 5.74) is 2.84. The van der Waals surface area contributed by atoms with Gasteiger partial charge in [0.25, 0.3) is 5.91 Å². The number of likely N-dealkylation sites (tertiary alicyclic amines) is 1. The molecule has 33 heavy (non-hydrogen) atoms. The van der Waals surface area contributed by atoms with Crippen LogP contribution < -0.4 is 0 Å². The van der Waals surface area contributed by atoms with Crippen LogP contribution in [0.1, 0.15) is 59.5 Å². The van der Waals surface area contributed by atoms with Gasteiger partial charge in [0.2, 0.25) is 0 Å². The SMILES string of the molecule is O=C(c1cc(-c2ccc(F)cc2)nc2ccccc12)N1CCC(c2nc(C3CC3)n[nH]2)CC1. The van der Waals surface area contributed by atoms with Gasteiger partial charge in [0, 0.05) is 35.9 Å². The fraction of sp³-hybridized carbons (Fsp3) is 0.308. The van der Waals surface area contributed by atoms with E-state index in [1.807, 2.05) is 35.2 Å². The second kappa shape index (κ2) is 8.06. The lowest BCUT2D eigenvalue weighted by Gasteiger charge is -2.31. The fourth-order valence-electron chi connectivity index (χ4n) is 4.64. The topological polar surface area (TPSA) is 74.8 Å². The number of piperidine rings is 1. The Balaban J connectivity index is 1.26. The average Bonchev–Trinajstić information content (AvgIpc) is 3.60. The second-order valence-electron chi connectivity index (χ2n) is 9.00. The van der Waals surface area contributed by atoms with Gasteiger partial charge in [0.1, 0.15) is 11.6 Å². The van der Waals surface area contributed by atoms with E-state index < -0.39 is 0 Å². The second-order valence-corrected chi connectivity index (χ2v) is 9.00. The van der Waals surface area contributed by atoms with Crippen molar-refractivity contribution >= 4 is 16.8 Å². The highest BCUT2D eigenvalue weighted by Crippen LogP contribution is 2.38. The number of aromatic nitrogens is 4. The maximum Gasteiger partial charge on any atom is 0.254 e. The predicted octanol–water partition coefficient (Wildman–Crippen LogP) is 5.06. The average molecular weight is 442 g/mol. The standard InChI is InChI=1S/C26H24FN5O/c27-19-9-7-16(8-10-19)23-15-21(20-3-1-2-4-22(20)28-23)26(33)32-13-11-18(12-14-32)25-29-24(30-31-25)17-5-6-17/h1-4,7-10,15,17-18H,5-6,11-14H2,(H,29,30,31). The maximum atomic E-state index is 13.6. The lowest BCUT2D eigenvalue weighted by Crippen LogP contribution is -2.38. The van der Waals surface area contributed by atoms with Gasteiger partial charge in [-0.3, -0.25) is 9.89 Å². The Morgan fingerprint density at radius 1 is 0.939 bits per heavy atom. The molecule has 3 heterocycles. The van der Waals surface area contributed by atoms with Gasteiger partial charge in [-0.15, -0.1) is 0 Å². The number of rotatable bonds is 4. The Kier molecular flexibility index (Phi) is 4.89. The Labute approximate surface area is 190 Å². The number of aromatic amines is 1. The molecule has 2 aromatic heterocycles. The largest absolute Gasteiger partial charge is 0.339 e. The minimum atomic E-state index is -0.297. The molecule has 1 aliphatic heterocycles. The molecule has 1 saturated carbocycles. The number of para-hydroxylation sites is 1. The normalized spacial score (nSPS) is 16.9. The van der Waals surface area contributed by atoms with Gasteiger partial charge in [-0.2, -0.15) is 5.10 Å². The summed E-state index contributed by atoms with van der Waals surface area (Å²) >= 11 is 0. The lowest BCUT2D eigenvalue weighted by molar-refractivity contribution is 0.0713. The number of benzene rings is 2. The van der Waals surface area contributed by atoms with Crippen LogP contribution in [0.2, 0.25) is 0 Å². The zero-order valence-electron chi connectivity index (χ0n) is 18.2. The van der Waals surface area contributed by atoms with Crippen LogP contribution in [0.5, 0.6) is 0 Å². The summed E-state index contributed by atoms with van der Waals surface area (Å²) < 4.78 is 13.4. The first kappa shape index (κ1) is 20.0. The van der Waals surface area contributed by atoms with Crippen molar-refractivity contribution in [1.82, 2.24) is 25.1 Å². The zero-order chi connectivity index (χ0) is 22.4. The molecule has 0 atom stereocenters. The minimum Gasteiger partial charge on any atom is -0.339 e. The van der Waals surface area contributed by atoms with Crippen molar-refractivity contribution in [2.24, 2.45) is 0 Å². The highest BCUT2D eigenvalue weighted by molar-refractivity contribution is 6.07. The van der Waals surface area contributed by atoms with Crippen LogP contribution in [0.4, 0.5) is 4.39 Å². The summed E-state index contributed by atoms with van der Waals surface area (Å²) in [6.07, 6.45) is 4.09. The van der Waals surface area contributed by atoms with Crippen molar-refractivity contribution in [1.29, 1.82) is 0 Å². The molecule has 1 aliphatic carbocycles. The van der Waals surface area contributed by atoms with Crippen molar-refractivity contribution in [2.45, 2.75) is 37.5 Å². The van der Waals surface area contributed by atoms with Crippen LogP contribution in [0.15, 0.2) is 54.6 Å². The van der Waals surface area contributed by atoms with E-state index >= 15 is 0 Å². The van der Waals surface area contributed by atoms with Gasteiger partial charge < -0.3 is 4.90 Å². The van der Waals surface area contributed by atoms with E-state index in [4.69, 9.17) is 9.97 Å². The van der Waals surface area contributed by atoms with Crippen LogP contribution in [-0.2, 0) is 0 Å². The van der Waals surface area contributed by atoms with E-state index in [0.717, 1.165) is 41.0 Å². The number of carbonyl (C=O) groups is 1. The van der Waals surface area contributed by atoms with E-state index in [9.17, 15) is 9.18 Å². The molecule has 7 heteroatoms. The molecule has 1 saturated heterocycles. The van der Waals surface area contributed by atoms with Gasteiger partial charge in [0.05, 0.1) is 16.8 Å². The summed E-state index contributed by atoms with van der Waals surface area (Å²) in [5, 5.41) is 8.35. The quantitative estimate of drug-likeness (QED) is 0.481. The first-order valence-electron chi connectivity index (χ1n) is 11.5. The highest BCUT2D eigenvalue weighted by Gasteiger charge is 2.31. The summed E-state index contributed by atoms with van der Waals surface area (Å²) in [6.45, 7) is 1.34. The van der Waals surface area contributed by atoms with Gasteiger partial charge in [0.15, 0.2) is 5.82 Å². The third-order valence-electron chi connectivity index (χ3n) is 6.72. The molecule has 166 valence electrons. The van der Waals surface area contributed by atoms with Crippen molar-refractivity contribution < 1.29 is 9.18 Å². The molecule has 0 unspecified atom stereocenters. The van der Waals surface area contributed by atoms with E-state index in [1.165, 1.54) is 25.0 Å². The Hall–Kier alpha value is -3.61. The molecule has 2 aliphatic rings. The smallest absolute Gasteiger partial charge is 0.254 e. The van der Waals surface area contributed by atoms with Crippen molar-refractivity contribution in [2.75, 3.05) is 13.1 Å². The number of nitrogens with one attached hydrogen (secondary N) is 1. The summed E-state index contributed by atoms with van der Waals surface area (Å²) in [4.78, 5) is 25.0. The summed E-state index contributed by atoms with van der Waals surface area (Å²) in [5.74, 6) is 2.45. The van der Waals surface area contributed by atoms with Crippen LogP contribution in [-0.4, -0.2) is 44.1 Å². The predicted molar refractivity (Wildman–Crippen MR) is 123 cm³/mol. The van der Waals surface area contributed by atoms with Crippen LogP contribution >= 0.6 is 0 Å². The number of carbonyl (C=O) groups excluding carboxylic acids is 1. The van der Waals surface area contributed by atoms with Crippen LogP contribution in [0.3, 0.4) is 0 Å². The number of amides is 1. The van der Waals surface area contributed by atoms with Gasteiger partial charge in [-0.25, -0.2) is 14.4 Å². The van der Waals surface area contributed by atoms with Crippen molar-refractivity contribution in [3.63, 3.8) is 0 Å². The minimum absolute atomic E-state index is 0.00616. The number of hydrogen-bond donors (Lipinski definition) is 1. The number of pyridine rings is 1. The van der Waals surface area contributed by atoms with Gasteiger partial charge in [-0.05, 0) is 62.1 Å². The van der Waals surface area contributed by atoms with Crippen LogP contribution in [0, 0.1) is 5.82 Å². The molecule has 0 bridgehead atoms. The number of nitrogens with zero attached hydrogens (tertiary/aromatic N) is 4. The maximum absolute atomic E-state index is 13.6. The molecule has 4 aromatic rings. The first-order chi connectivity index (χ1) is 16.2. The molecule has 6 rings (SSSR count). The molecule has 2 fully saturated rings. The van der Waals surface area contributed by atoms with Gasteiger partial charge in [-0.1, -0.05) is 18.2 Å². The van der Waals surface area contributed by atoms with E-state index in [-0.39, 0.29) is 11.7 Å². The Bertz CT molecular complexity index is 1320. The molecule has 1 N–H and O–H groups in total. The van der Waals surface area contributed by atoms with E-state index in [2.05, 4.69) is 10.2 Å².